The number of aromatic nitrogens is 1. The molecule has 0 aliphatic carbocycles. The molecule has 2 heterocycles. The number of piperidine rings is 1. The Kier molecular flexibility index (Phi) is 7.73. The van der Waals surface area contributed by atoms with Crippen LogP contribution in [-0.4, -0.2) is 48.0 Å². The van der Waals surface area contributed by atoms with E-state index in [1.165, 1.54) is 33.2 Å². The van der Waals surface area contributed by atoms with Gasteiger partial charge in [-0.3, -0.25) is 9.36 Å². The van der Waals surface area contributed by atoms with Gasteiger partial charge in [-0.15, -0.1) is 0 Å². The van der Waals surface area contributed by atoms with Crippen molar-refractivity contribution in [3.8, 4) is 11.4 Å². The highest BCUT2D eigenvalue weighted by Crippen LogP contribution is 2.35. The molecular formula is C28H32N2O6S. The molecule has 1 saturated heterocycles. The normalized spacial score (nSPS) is 18.0. The summed E-state index contributed by atoms with van der Waals surface area (Å²) in [7, 11) is -3.32. The van der Waals surface area contributed by atoms with E-state index in [1.54, 1.807) is 24.4 Å². The lowest BCUT2D eigenvalue weighted by molar-refractivity contribution is 0.0537. The summed E-state index contributed by atoms with van der Waals surface area (Å²) in [5.41, 5.74) is 3.50. The Balaban J connectivity index is 1.52. The third kappa shape index (κ3) is 6.05. The average Bonchev–Trinajstić information content (AvgIpc) is 2.84. The molecule has 9 heteroatoms. The van der Waals surface area contributed by atoms with E-state index in [4.69, 9.17) is 4.74 Å². The molecule has 3 aromatic rings. The van der Waals surface area contributed by atoms with Gasteiger partial charge in [-0.1, -0.05) is 31.5 Å². The molecule has 1 amide bonds. The van der Waals surface area contributed by atoms with Gasteiger partial charge >= 0.3 is 6.09 Å². The van der Waals surface area contributed by atoms with Gasteiger partial charge in [0.25, 0.3) is 5.56 Å². The van der Waals surface area contributed by atoms with E-state index >= 15 is 0 Å². The molecule has 1 aliphatic heterocycles. The van der Waals surface area contributed by atoms with Crippen molar-refractivity contribution in [1.29, 1.82) is 0 Å². The van der Waals surface area contributed by atoms with Gasteiger partial charge in [0.1, 0.15) is 11.9 Å². The number of nitrogens with zero attached hydrogens (tertiary/aromatic N) is 2. The van der Waals surface area contributed by atoms with Gasteiger partial charge in [0.15, 0.2) is 9.84 Å². The summed E-state index contributed by atoms with van der Waals surface area (Å²) < 4.78 is 31.0. The van der Waals surface area contributed by atoms with Crippen LogP contribution in [0.25, 0.3) is 5.69 Å². The third-order valence-electron chi connectivity index (χ3n) is 6.77. The lowest BCUT2D eigenvalue weighted by Gasteiger charge is -2.38. The first-order valence-corrected chi connectivity index (χ1v) is 14.2. The largest absolute Gasteiger partial charge is 0.490 e. The molecular weight excluding hydrogens is 492 g/mol. The molecule has 2 aromatic carbocycles. The molecule has 2 atom stereocenters. The van der Waals surface area contributed by atoms with Crippen molar-refractivity contribution in [3.05, 3.63) is 87.8 Å². The van der Waals surface area contributed by atoms with Gasteiger partial charge in [-0.2, -0.15) is 0 Å². The molecule has 4 rings (SSSR count). The Bertz CT molecular complexity index is 1450. The number of hydrogen-bond acceptors (Lipinski definition) is 5. The first-order chi connectivity index (χ1) is 17.6. The molecule has 37 heavy (non-hydrogen) atoms. The second kappa shape index (κ2) is 10.8. The van der Waals surface area contributed by atoms with Crippen molar-refractivity contribution in [3.63, 3.8) is 0 Å². The Morgan fingerprint density at radius 2 is 1.84 bits per heavy atom. The molecule has 2 unspecified atom stereocenters. The lowest BCUT2D eigenvalue weighted by Crippen LogP contribution is -2.43. The maximum atomic E-state index is 12.8. The monoisotopic (exact) mass is 524 g/mol. The summed E-state index contributed by atoms with van der Waals surface area (Å²) in [6, 6.07) is 15.1. The molecule has 1 N–H and O–H groups in total. The molecule has 1 fully saturated rings. The van der Waals surface area contributed by atoms with E-state index in [9.17, 15) is 23.1 Å². The van der Waals surface area contributed by atoms with Gasteiger partial charge in [0.05, 0.1) is 10.9 Å². The predicted octanol–water partition coefficient (Wildman–Crippen LogP) is 4.76. The number of carbonyl (C=O) groups is 1. The highest BCUT2D eigenvalue weighted by atomic mass is 32.2. The Hall–Kier alpha value is -3.59. The average molecular weight is 525 g/mol. The van der Waals surface area contributed by atoms with Crippen molar-refractivity contribution >= 4 is 15.9 Å². The zero-order chi connectivity index (χ0) is 26.7. The molecule has 1 aromatic heterocycles. The number of sulfone groups is 1. The fourth-order valence-corrected chi connectivity index (χ4v) is 5.54. The summed E-state index contributed by atoms with van der Waals surface area (Å²) in [5.74, 6) is 0.413. The number of pyridine rings is 1. The Morgan fingerprint density at radius 3 is 2.43 bits per heavy atom. The van der Waals surface area contributed by atoms with Crippen molar-refractivity contribution in [2.45, 2.75) is 56.6 Å². The first-order valence-electron chi connectivity index (χ1n) is 12.4. The molecule has 8 nitrogen and oxygen atoms in total. The molecule has 0 bridgehead atoms. The third-order valence-corrected chi connectivity index (χ3v) is 7.90. The predicted molar refractivity (Wildman–Crippen MR) is 141 cm³/mol. The quantitative estimate of drug-likeness (QED) is 0.478. The van der Waals surface area contributed by atoms with Crippen LogP contribution in [0.5, 0.6) is 5.75 Å². The summed E-state index contributed by atoms with van der Waals surface area (Å²) >= 11 is 0. The highest BCUT2D eigenvalue weighted by molar-refractivity contribution is 7.90. The van der Waals surface area contributed by atoms with Crippen LogP contribution in [-0.2, 0) is 16.3 Å². The second-order valence-electron chi connectivity index (χ2n) is 9.53. The maximum absolute atomic E-state index is 12.8. The van der Waals surface area contributed by atoms with Crippen LogP contribution in [0.4, 0.5) is 4.79 Å². The SMILES string of the molecule is CCCc1ccc(C2CC(Oc3ccn(-c4ccc(S(C)(=O)=O)cc4)c(=O)c3)CCN2C(=O)O)c(C)c1. The fraction of sp³-hybridized carbons (Fsp3) is 0.357. The lowest BCUT2D eigenvalue weighted by atomic mass is 9.89. The zero-order valence-corrected chi connectivity index (χ0v) is 22.1. The van der Waals surface area contributed by atoms with Gasteiger partial charge in [-0.05, 0) is 60.4 Å². The van der Waals surface area contributed by atoms with Crippen molar-refractivity contribution in [2.75, 3.05) is 12.8 Å². The Labute approximate surface area is 217 Å². The molecule has 196 valence electrons. The van der Waals surface area contributed by atoms with Crippen LogP contribution in [0.3, 0.4) is 0 Å². The van der Waals surface area contributed by atoms with Gasteiger partial charge < -0.3 is 14.7 Å². The Morgan fingerprint density at radius 1 is 1.11 bits per heavy atom. The number of benzene rings is 2. The number of hydrogen-bond donors (Lipinski definition) is 1. The van der Waals surface area contributed by atoms with Crippen molar-refractivity contribution in [1.82, 2.24) is 9.47 Å². The topological polar surface area (TPSA) is 106 Å². The minimum atomic E-state index is -3.32. The standard InChI is InChI=1S/C28H32N2O6S/c1-4-5-20-6-11-25(19(2)16-20)26-17-22(13-15-30(26)28(32)33)36-23-12-14-29(27(31)18-23)21-7-9-24(10-8-21)37(3,34)35/h6-12,14,16,18,22,26H,4-5,13,15,17H2,1-3H3,(H,32,33). The summed E-state index contributed by atoms with van der Waals surface area (Å²) in [6.07, 6.45) is 4.55. The summed E-state index contributed by atoms with van der Waals surface area (Å²) in [5, 5.41) is 9.82. The van der Waals surface area contributed by atoms with E-state index in [1.807, 2.05) is 13.0 Å². The van der Waals surface area contributed by atoms with Crippen LogP contribution in [0.15, 0.2) is 70.5 Å². The van der Waals surface area contributed by atoms with Crippen LogP contribution in [0.2, 0.25) is 0 Å². The minimum Gasteiger partial charge on any atom is -0.490 e. The molecule has 0 spiro atoms. The molecule has 1 aliphatic rings. The van der Waals surface area contributed by atoms with Crippen molar-refractivity contribution in [2.24, 2.45) is 0 Å². The maximum Gasteiger partial charge on any atom is 0.407 e. The number of carboxylic acid groups (broad SMARTS) is 1. The van der Waals surface area contributed by atoms with Crippen LogP contribution in [0.1, 0.15) is 48.9 Å². The van der Waals surface area contributed by atoms with E-state index in [0.717, 1.165) is 30.2 Å². The van der Waals surface area contributed by atoms with E-state index in [2.05, 4.69) is 19.1 Å². The number of likely N-dealkylation sites (tertiary alicyclic amines) is 1. The van der Waals surface area contributed by atoms with E-state index < -0.39 is 15.9 Å². The number of rotatable bonds is 7. The number of ether oxygens (including phenoxy) is 1. The minimum absolute atomic E-state index is 0.182. The highest BCUT2D eigenvalue weighted by Gasteiger charge is 2.34. The summed E-state index contributed by atoms with van der Waals surface area (Å²) in [6.45, 7) is 4.48. The van der Waals surface area contributed by atoms with Gasteiger partial charge in [-0.25, -0.2) is 13.2 Å². The first kappa shape index (κ1) is 26.5. The van der Waals surface area contributed by atoms with E-state index in [0.29, 0.717) is 30.8 Å². The van der Waals surface area contributed by atoms with Crippen LogP contribution < -0.4 is 10.3 Å². The fourth-order valence-electron chi connectivity index (χ4n) is 4.91. The number of amides is 1. The number of aryl methyl sites for hydroxylation is 2. The second-order valence-corrected chi connectivity index (χ2v) is 11.5. The van der Waals surface area contributed by atoms with Crippen LogP contribution in [0, 0.1) is 6.92 Å². The summed E-state index contributed by atoms with van der Waals surface area (Å²) in [4.78, 5) is 26.4. The van der Waals surface area contributed by atoms with Crippen molar-refractivity contribution < 1.29 is 23.1 Å². The van der Waals surface area contributed by atoms with Gasteiger partial charge in [0.2, 0.25) is 0 Å². The van der Waals surface area contributed by atoms with E-state index in [-0.39, 0.29) is 22.6 Å². The van der Waals surface area contributed by atoms with Gasteiger partial charge in [0, 0.05) is 43.6 Å². The zero-order valence-electron chi connectivity index (χ0n) is 21.3. The van der Waals surface area contributed by atoms with Crippen LogP contribution >= 0.6 is 0 Å². The molecule has 0 radical (unpaired) electrons. The smallest absolute Gasteiger partial charge is 0.407 e. The molecule has 0 saturated carbocycles.